The molecule has 2 N–H and O–H groups in total. The second-order valence-electron chi connectivity index (χ2n) is 5.75. The molecule has 2 aromatic carbocycles. The second kappa shape index (κ2) is 11.1. The van der Waals surface area contributed by atoms with E-state index in [9.17, 15) is 19.7 Å². The topological polar surface area (TPSA) is 144 Å². The van der Waals surface area contributed by atoms with Crippen molar-refractivity contribution in [1.82, 2.24) is 0 Å². The number of benzene rings is 2. The number of ether oxygens (including phenoxy) is 2. The molecule has 0 aliphatic rings. The largest absolute Gasteiger partial charge is 0.495 e. The fourth-order valence-corrected chi connectivity index (χ4v) is 2.05. The van der Waals surface area contributed by atoms with Crippen LogP contribution in [0, 0.1) is 21.6 Å². The zero-order valence-corrected chi connectivity index (χ0v) is 16.5. The van der Waals surface area contributed by atoms with Gasteiger partial charge in [-0.2, -0.15) is 5.11 Å². The van der Waals surface area contributed by atoms with E-state index in [2.05, 4.69) is 10.4 Å². The molecular weight excluding hydrogens is 380 g/mol. The number of nitrogens with one attached hydrogen (secondary N) is 2. The molecule has 0 heterocycles. The molecule has 0 saturated carbocycles. The third-order valence-electron chi connectivity index (χ3n) is 3.86. The van der Waals surface area contributed by atoms with Crippen molar-refractivity contribution in [3.63, 3.8) is 0 Å². The Bertz CT molecular complexity index is 900. The highest BCUT2D eigenvalue weighted by atomic mass is 16.6. The molecule has 0 aliphatic heterocycles. The lowest BCUT2D eigenvalue weighted by Gasteiger charge is -2.12. The van der Waals surface area contributed by atoms with Gasteiger partial charge in [0.1, 0.15) is 17.2 Å². The summed E-state index contributed by atoms with van der Waals surface area (Å²) in [5.74, 6) is -0.329. The van der Waals surface area contributed by atoms with Crippen molar-refractivity contribution in [2.45, 2.75) is 13.8 Å². The van der Waals surface area contributed by atoms with Gasteiger partial charge in [0.05, 0.1) is 36.8 Å². The molecular formula is C19H22N4O6. The minimum atomic E-state index is -0.648. The molecule has 0 aliphatic carbocycles. The fraction of sp³-hybridized carbons (Fsp3) is 0.263. The van der Waals surface area contributed by atoms with E-state index in [1.807, 2.05) is 6.07 Å². The third-order valence-corrected chi connectivity index (χ3v) is 3.86. The average Bonchev–Trinajstić information content (AvgIpc) is 2.73. The molecule has 10 nitrogen and oxygen atoms in total. The van der Waals surface area contributed by atoms with Gasteiger partial charge in [0, 0.05) is 6.07 Å². The number of para-hydroxylation sites is 2. The number of ketones is 1. The minimum Gasteiger partial charge on any atom is -0.495 e. The average molecular weight is 402 g/mol. The van der Waals surface area contributed by atoms with Crippen LogP contribution >= 0.6 is 0 Å². The van der Waals surface area contributed by atoms with E-state index in [1.165, 1.54) is 39.3 Å². The van der Waals surface area contributed by atoms with Gasteiger partial charge in [-0.1, -0.05) is 12.1 Å². The number of hydrogen-bond donors (Lipinski definition) is 2. The number of rotatable bonds is 7. The standard InChI is InChI=1S/C12H15NO3.C7H7N3O3/c1-8(9(2)14)12(15)13-10-6-4-5-7-11(10)16-3;1-13-7-4-5(10(11)12)2-3-6(7)9-8/h4-8H,1-3H3,(H,13,15);2-4,8H,1H3. The van der Waals surface area contributed by atoms with Gasteiger partial charge in [-0.15, -0.1) is 0 Å². The van der Waals surface area contributed by atoms with Crippen molar-refractivity contribution in [2.75, 3.05) is 19.5 Å². The van der Waals surface area contributed by atoms with Crippen LogP contribution in [0.15, 0.2) is 47.6 Å². The van der Waals surface area contributed by atoms with Gasteiger partial charge in [-0.3, -0.25) is 19.7 Å². The number of methoxy groups -OCH3 is 2. The van der Waals surface area contributed by atoms with Crippen LogP contribution in [0.2, 0.25) is 0 Å². The Morgan fingerprint density at radius 1 is 1.14 bits per heavy atom. The lowest BCUT2D eigenvalue weighted by atomic mass is 10.1. The number of non-ortho nitro benzene ring substituents is 1. The molecule has 1 unspecified atom stereocenters. The molecule has 2 aromatic rings. The summed E-state index contributed by atoms with van der Waals surface area (Å²) in [5, 5.41) is 16.1. The van der Waals surface area contributed by atoms with Crippen molar-refractivity contribution in [1.29, 1.82) is 5.53 Å². The normalized spacial score (nSPS) is 10.6. The van der Waals surface area contributed by atoms with Crippen LogP contribution in [0.4, 0.5) is 17.1 Å². The number of hydrogen-bond acceptors (Lipinski definition) is 8. The van der Waals surface area contributed by atoms with E-state index < -0.39 is 10.8 Å². The van der Waals surface area contributed by atoms with E-state index in [0.717, 1.165) is 0 Å². The highest BCUT2D eigenvalue weighted by Gasteiger charge is 2.18. The van der Waals surface area contributed by atoms with Crippen LogP contribution in [-0.4, -0.2) is 30.8 Å². The highest BCUT2D eigenvalue weighted by molar-refractivity contribution is 6.06. The van der Waals surface area contributed by atoms with E-state index in [4.69, 9.17) is 15.0 Å². The number of Topliss-reactive ketones (excluding diaryl/α,β-unsaturated/α-hetero) is 1. The quantitative estimate of drug-likeness (QED) is 0.308. The minimum absolute atomic E-state index is 0.0794. The summed E-state index contributed by atoms with van der Waals surface area (Å²) in [6.45, 7) is 2.97. The molecule has 154 valence electrons. The highest BCUT2D eigenvalue weighted by Crippen LogP contribution is 2.30. The first-order valence-electron chi connectivity index (χ1n) is 8.39. The van der Waals surface area contributed by atoms with Gasteiger partial charge in [-0.05, 0) is 32.0 Å². The SMILES string of the molecule is COc1cc([N+](=O)[O-])ccc1N=N.COc1ccccc1NC(=O)C(C)C(C)=O. The molecule has 2 rings (SSSR count). The summed E-state index contributed by atoms with van der Waals surface area (Å²) in [5.41, 5.74) is 7.51. The summed E-state index contributed by atoms with van der Waals surface area (Å²) in [6, 6.07) is 10.9. The molecule has 0 radical (unpaired) electrons. The summed E-state index contributed by atoms with van der Waals surface area (Å²) in [4.78, 5) is 32.5. The Kier molecular flexibility index (Phi) is 8.90. The third kappa shape index (κ3) is 6.69. The summed E-state index contributed by atoms with van der Waals surface area (Å²) in [6.07, 6.45) is 0. The van der Waals surface area contributed by atoms with Gasteiger partial charge >= 0.3 is 0 Å². The Morgan fingerprint density at radius 3 is 2.28 bits per heavy atom. The fourth-order valence-electron chi connectivity index (χ4n) is 2.05. The predicted molar refractivity (Wildman–Crippen MR) is 106 cm³/mol. The summed E-state index contributed by atoms with van der Waals surface area (Å²) < 4.78 is 9.90. The maximum absolute atomic E-state index is 11.6. The maximum atomic E-state index is 11.6. The molecule has 0 spiro atoms. The van der Waals surface area contributed by atoms with Crippen LogP contribution in [0.3, 0.4) is 0 Å². The Labute approximate surface area is 167 Å². The molecule has 0 aromatic heterocycles. The van der Waals surface area contributed by atoms with Crippen molar-refractivity contribution >= 4 is 28.8 Å². The van der Waals surface area contributed by atoms with Gasteiger partial charge in [-0.25, -0.2) is 5.53 Å². The van der Waals surface area contributed by atoms with Crippen LogP contribution in [0.25, 0.3) is 0 Å². The summed E-state index contributed by atoms with van der Waals surface area (Å²) in [7, 11) is 2.90. The zero-order chi connectivity index (χ0) is 22.0. The Morgan fingerprint density at radius 2 is 1.76 bits per heavy atom. The molecule has 1 amide bonds. The molecule has 0 fully saturated rings. The van der Waals surface area contributed by atoms with E-state index in [0.29, 0.717) is 11.4 Å². The Balaban J connectivity index is 0.000000296. The molecule has 10 heteroatoms. The van der Waals surface area contributed by atoms with Crippen LogP contribution in [0.5, 0.6) is 11.5 Å². The lowest BCUT2D eigenvalue weighted by molar-refractivity contribution is -0.384. The van der Waals surface area contributed by atoms with Crippen LogP contribution in [0.1, 0.15) is 13.8 Å². The summed E-state index contributed by atoms with van der Waals surface area (Å²) >= 11 is 0. The van der Waals surface area contributed by atoms with E-state index in [1.54, 1.807) is 25.1 Å². The first-order valence-corrected chi connectivity index (χ1v) is 8.39. The number of nitrogens with zero attached hydrogens (tertiary/aromatic N) is 2. The molecule has 0 bridgehead atoms. The van der Waals surface area contributed by atoms with Gasteiger partial charge in [0.2, 0.25) is 5.91 Å². The number of nitro groups is 1. The van der Waals surface area contributed by atoms with Crippen molar-refractivity contribution in [3.8, 4) is 11.5 Å². The number of nitro benzene ring substituents is 1. The monoisotopic (exact) mass is 402 g/mol. The Hall–Kier alpha value is -3.82. The first-order chi connectivity index (χ1) is 13.7. The number of carbonyl (C=O) groups is 2. The predicted octanol–water partition coefficient (Wildman–Crippen LogP) is 4.12. The number of amides is 1. The van der Waals surface area contributed by atoms with Crippen molar-refractivity contribution in [2.24, 2.45) is 11.0 Å². The smallest absolute Gasteiger partial charge is 0.273 e. The molecule has 29 heavy (non-hydrogen) atoms. The van der Waals surface area contributed by atoms with Crippen LogP contribution < -0.4 is 14.8 Å². The second-order valence-corrected chi connectivity index (χ2v) is 5.75. The first kappa shape index (κ1) is 23.2. The van der Waals surface area contributed by atoms with Gasteiger partial charge in [0.15, 0.2) is 5.75 Å². The molecule has 1 atom stereocenters. The molecule has 0 saturated heterocycles. The van der Waals surface area contributed by atoms with Gasteiger partial charge in [0.25, 0.3) is 5.69 Å². The van der Waals surface area contributed by atoms with E-state index >= 15 is 0 Å². The van der Waals surface area contributed by atoms with Crippen molar-refractivity contribution < 1.29 is 24.0 Å². The van der Waals surface area contributed by atoms with Gasteiger partial charge < -0.3 is 14.8 Å². The number of anilines is 1. The maximum Gasteiger partial charge on any atom is 0.273 e. The zero-order valence-electron chi connectivity index (χ0n) is 16.5. The van der Waals surface area contributed by atoms with E-state index in [-0.39, 0.29) is 28.8 Å². The lowest BCUT2D eigenvalue weighted by Crippen LogP contribution is -2.25. The number of carbonyl (C=O) groups excluding carboxylic acids is 2. The van der Waals surface area contributed by atoms with Crippen LogP contribution in [-0.2, 0) is 9.59 Å². The van der Waals surface area contributed by atoms with Crippen molar-refractivity contribution in [3.05, 3.63) is 52.6 Å².